The zero-order chi connectivity index (χ0) is 10.8. The molecule has 15 heavy (non-hydrogen) atoms. The highest BCUT2D eigenvalue weighted by molar-refractivity contribution is 5.81. The number of nitrogens with zero attached hydrogens (tertiary/aromatic N) is 3. The van der Waals surface area contributed by atoms with Crippen molar-refractivity contribution in [3.8, 4) is 0 Å². The molecule has 0 atom stereocenters. The van der Waals surface area contributed by atoms with Gasteiger partial charge in [0.25, 0.3) is 0 Å². The molecule has 0 saturated heterocycles. The summed E-state index contributed by atoms with van der Waals surface area (Å²) >= 11 is 0. The van der Waals surface area contributed by atoms with Crippen LogP contribution < -0.4 is 0 Å². The lowest BCUT2D eigenvalue weighted by atomic mass is 10.1. The summed E-state index contributed by atoms with van der Waals surface area (Å²) in [6, 6.07) is 0. The summed E-state index contributed by atoms with van der Waals surface area (Å²) in [6.07, 6.45) is 6.29. The van der Waals surface area contributed by atoms with Gasteiger partial charge in [0.2, 0.25) is 12.2 Å². The van der Waals surface area contributed by atoms with E-state index in [1.165, 1.54) is 17.1 Å². The van der Waals surface area contributed by atoms with Crippen LogP contribution in [0.5, 0.6) is 0 Å². The minimum Gasteiger partial charge on any atom is -0.358 e. The van der Waals surface area contributed by atoms with Crippen LogP contribution in [0.25, 0.3) is 0 Å². The standard InChI is InChI=1S/C9H11N3O3/c13-9(7-3-1-2-4-7)11-5-8(10-6-11)12(14)15/h5-7H,1-4H2. The molecule has 2 rings (SSSR count). The number of rotatable bonds is 2. The van der Waals surface area contributed by atoms with Gasteiger partial charge in [0.1, 0.15) is 6.20 Å². The largest absolute Gasteiger partial charge is 0.381 e. The average Bonchev–Trinajstić information content (AvgIpc) is 2.88. The molecule has 0 aliphatic heterocycles. The zero-order valence-electron chi connectivity index (χ0n) is 8.13. The normalized spacial score (nSPS) is 16.8. The highest BCUT2D eigenvalue weighted by Crippen LogP contribution is 2.26. The summed E-state index contributed by atoms with van der Waals surface area (Å²) < 4.78 is 1.23. The summed E-state index contributed by atoms with van der Waals surface area (Å²) in [5, 5.41) is 10.4. The van der Waals surface area contributed by atoms with E-state index in [0.29, 0.717) is 0 Å². The number of nitro groups is 1. The van der Waals surface area contributed by atoms with Crippen LogP contribution in [0.2, 0.25) is 0 Å². The quantitative estimate of drug-likeness (QED) is 0.547. The summed E-state index contributed by atoms with van der Waals surface area (Å²) in [4.78, 5) is 25.1. The second kappa shape index (κ2) is 3.80. The number of carbonyl (C=O) groups excluding carboxylic acids is 1. The maximum absolute atomic E-state index is 11.8. The summed E-state index contributed by atoms with van der Waals surface area (Å²) in [7, 11) is 0. The number of hydrogen-bond donors (Lipinski definition) is 0. The molecular formula is C9H11N3O3. The van der Waals surface area contributed by atoms with Gasteiger partial charge in [-0.25, -0.2) is 4.57 Å². The first-order valence-electron chi connectivity index (χ1n) is 4.91. The van der Waals surface area contributed by atoms with Crippen molar-refractivity contribution in [2.45, 2.75) is 25.7 Å². The van der Waals surface area contributed by atoms with E-state index in [1.54, 1.807) is 0 Å². The SMILES string of the molecule is O=C(C1CCCC1)n1cnc([N+](=O)[O-])c1. The third kappa shape index (κ3) is 1.88. The number of carbonyl (C=O) groups is 1. The Morgan fingerprint density at radius 2 is 2.20 bits per heavy atom. The second-order valence-corrected chi connectivity index (χ2v) is 3.72. The van der Waals surface area contributed by atoms with Crippen LogP contribution in [0, 0.1) is 16.0 Å². The Hall–Kier alpha value is -1.72. The lowest BCUT2D eigenvalue weighted by molar-refractivity contribution is -0.389. The molecule has 0 unspecified atom stereocenters. The maximum atomic E-state index is 11.8. The van der Waals surface area contributed by atoms with Crippen molar-refractivity contribution in [1.29, 1.82) is 0 Å². The fraction of sp³-hybridized carbons (Fsp3) is 0.556. The summed E-state index contributed by atoms with van der Waals surface area (Å²) in [6.45, 7) is 0. The van der Waals surface area contributed by atoms with E-state index in [1.807, 2.05) is 0 Å². The van der Waals surface area contributed by atoms with Gasteiger partial charge in [-0.3, -0.25) is 4.79 Å². The lowest BCUT2D eigenvalue weighted by Crippen LogP contribution is -2.17. The smallest absolute Gasteiger partial charge is 0.358 e. The van der Waals surface area contributed by atoms with Crippen molar-refractivity contribution in [2.24, 2.45) is 5.92 Å². The van der Waals surface area contributed by atoms with E-state index in [4.69, 9.17) is 0 Å². The van der Waals surface area contributed by atoms with Gasteiger partial charge in [-0.15, -0.1) is 0 Å². The Morgan fingerprint density at radius 3 is 2.73 bits per heavy atom. The van der Waals surface area contributed by atoms with Crippen molar-refractivity contribution in [3.63, 3.8) is 0 Å². The number of imidazole rings is 1. The minimum atomic E-state index is -0.599. The van der Waals surface area contributed by atoms with E-state index in [-0.39, 0.29) is 17.6 Å². The van der Waals surface area contributed by atoms with Crippen molar-refractivity contribution in [1.82, 2.24) is 9.55 Å². The fourth-order valence-corrected chi connectivity index (χ4v) is 1.91. The van der Waals surface area contributed by atoms with Gasteiger partial charge in [-0.05, 0) is 22.7 Å². The molecular weight excluding hydrogens is 198 g/mol. The van der Waals surface area contributed by atoms with Crippen LogP contribution in [0.4, 0.5) is 5.82 Å². The molecule has 1 aromatic heterocycles. The zero-order valence-corrected chi connectivity index (χ0v) is 8.13. The molecule has 1 aliphatic rings. The van der Waals surface area contributed by atoms with Gasteiger partial charge < -0.3 is 10.1 Å². The molecule has 6 nitrogen and oxygen atoms in total. The number of hydrogen-bond acceptors (Lipinski definition) is 4. The molecule has 1 heterocycles. The Labute approximate surface area is 86.1 Å². The lowest BCUT2D eigenvalue weighted by Gasteiger charge is -2.05. The molecule has 6 heteroatoms. The van der Waals surface area contributed by atoms with E-state index in [9.17, 15) is 14.9 Å². The minimum absolute atomic E-state index is 0.0128. The van der Waals surface area contributed by atoms with Gasteiger partial charge in [0.15, 0.2) is 0 Å². The van der Waals surface area contributed by atoms with Crippen LogP contribution >= 0.6 is 0 Å². The first-order valence-corrected chi connectivity index (χ1v) is 4.91. The summed E-state index contributed by atoms with van der Waals surface area (Å²) in [5.41, 5.74) is 0. The molecule has 0 aromatic carbocycles. The molecule has 1 aliphatic carbocycles. The third-order valence-electron chi connectivity index (χ3n) is 2.71. The topological polar surface area (TPSA) is 78.0 Å². The predicted octanol–water partition coefficient (Wildman–Crippen LogP) is 1.62. The van der Waals surface area contributed by atoms with Crippen LogP contribution in [0.15, 0.2) is 12.5 Å². The van der Waals surface area contributed by atoms with Crippen LogP contribution in [-0.4, -0.2) is 20.4 Å². The van der Waals surface area contributed by atoms with Crippen molar-refractivity contribution in [2.75, 3.05) is 0 Å². The van der Waals surface area contributed by atoms with Gasteiger partial charge in [-0.1, -0.05) is 12.8 Å². The number of aromatic nitrogens is 2. The first kappa shape index (κ1) is 9.82. The van der Waals surface area contributed by atoms with Gasteiger partial charge in [0, 0.05) is 5.92 Å². The second-order valence-electron chi connectivity index (χ2n) is 3.72. The molecule has 0 N–H and O–H groups in total. The van der Waals surface area contributed by atoms with Crippen molar-refractivity contribution >= 4 is 11.7 Å². The molecule has 80 valence electrons. The van der Waals surface area contributed by atoms with Gasteiger partial charge >= 0.3 is 5.82 Å². The van der Waals surface area contributed by atoms with Crippen molar-refractivity contribution in [3.05, 3.63) is 22.6 Å². The predicted molar refractivity (Wildman–Crippen MR) is 51.5 cm³/mol. The van der Waals surface area contributed by atoms with Crippen LogP contribution in [-0.2, 0) is 0 Å². The van der Waals surface area contributed by atoms with E-state index in [2.05, 4.69) is 4.98 Å². The molecule has 0 bridgehead atoms. The van der Waals surface area contributed by atoms with Gasteiger partial charge in [0.05, 0.1) is 0 Å². The molecule has 1 fully saturated rings. The average molecular weight is 209 g/mol. The highest BCUT2D eigenvalue weighted by Gasteiger charge is 2.25. The Morgan fingerprint density at radius 1 is 1.53 bits per heavy atom. The highest BCUT2D eigenvalue weighted by atomic mass is 16.6. The fourth-order valence-electron chi connectivity index (χ4n) is 1.91. The maximum Gasteiger partial charge on any atom is 0.381 e. The van der Waals surface area contributed by atoms with E-state index in [0.717, 1.165) is 25.7 Å². The third-order valence-corrected chi connectivity index (χ3v) is 2.71. The molecule has 1 aromatic rings. The van der Waals surface area contributed by atoms with Crippen molar-refractivity contribution < 1.29 is 9.72 Å². The Bertz CT molecular complexity index is 393. The molecule has 0 amide bonds. The summed E-state index contributed by atoms with van der Waals surface area (Å²) in [5.74, 6) is -0.340. The van der Waals surface area contributed by atoms with Gasteiger partial charge in [-0.2, -0.15) is 0 Å². The van der Waals surface area contributed by atoms with E-state index >= 15 is 0 Å². The van der Waals surface area contributed by atoms with Crippen LogP contribution in [0.1, 0.15) is 30.5 Å². The molecule has 0 spiro atoms. The molecule has 1 saturated carbocycles. The van der Waals surface area contributed by atoms with Crippen LogP contribution in [0.3, 0.4) is 0 Å². The first-order chi connectivity index (χ1) is 7.18. The Balaban J connectivity index is 2.14. The van der Waals surface area contributed by atoms with E-state index < -0.39 is 4.92 Å². The monoisotopic (exact) mass is 209 g/mol. The molecule has 0 radical (unpaired) electrons. The Kier molecular flexibility index (Phi) is 2.49.